The highest BCUT2D eigenvalue weighted by atomic mass is 79.9. The number of halogens is 2. The summed E-state index contributed by atoms with van der Waals surface area (Å²) in [5.41, 5.74) is 4.48. The summed E-state index contributed by atoms with van der Waals surface area (Å²) in [6.45, 7) is 13.0. The number of furan rings is 1. The summed E-state index contributed by atoms with van der Waals surface area (Å²) in [7, 11) is -2.29. The third-order valence-electron chi connectivity index (χ3n) is 5.03. The maximum Gasteiger partial charge on any atom is 0.147 e. The van der Waals surface area contributed by atoms with Crippen LogP contribution in [0.4, 0.5) is 5.69 Å². The van der Waals surface area contributed by atoms with Crippen molar-refractivity contribution in [2.75, 3.05) is 0 Å². The Morgan fingerprint density at radius 2 is 1.57 bits per heavy atom. The number of hydrogen-bond donors (Lipinski definition) is 0. The Morgan fingerprint density at radius 1 is 0.857 bits per heavy atom. The molecule has 1 atom stereocenters. The van der Waals surface area contributed by atoms with Gasteiger partial charge in [0.1, 0.15) is 11.3 Å². The van der Waals surface area contributed by atoms with E-state index in [1.54, 1.807) is 0 Å². The van der Waals surface area contributed by atoms with Crippen LogP contribution in [0, 0.1) is 20.8 Å². The topological polar surface area (TPSA) is 25.5 Å². The zero-order chi connectivity index (χ0) is 20.7. The summed E-state index contributed by atoms with van der Waals surface area (Å²) < 4.78 is 13.8. The SMILES string of the molecule is Cc1ccc(P(=Nc2ccc(C)c(C)c2)(c2ccc(Br)cc2Br)C(C)(C)C)o1. The second-order valence-electron chi connectivity index (χ2n) is 8.15. The van der Waals surface area contributed by atoms with Crippen LogP contribution in [0.3, 0.4) is 0 Å². The molecular formula is C23H26Br2NOP. The van der Waals surface area contributed by atoms with E-state index in [-0.39, 0.29) is 5.16 Å². The fraction of sp³-hybridized carbons (Fsp3) is 0.304. The minimum Gasteiger partial charge on any atom is -0.460 e. The third-order valence-corrected chi connectivity index (χ3v) is 10.9. The van der Waals surface area contributed by atoms with Gasteiger partial charge >= 0.3 is 0 Å². The van der Waals surface area contributed by atoms with Gasteiger partial charge in [-0.05, 0) is 68.3 Å². The zero-order valence-electron chi connectivity index (χ0n) is 17.2. The lowest BCUT2D eigenvalue weighted by Gasteiger charge is -2.36. The van der Waals surface area contributed by atoms with Gasteiger partial charge in [0.05, 0.1) is 12.7 Å². The smallest absolute Gasteiger partial charge is 0.147 e. The quantitative estimate of drug-likeness (QED) is 0.320. The Bertz CT molecular complexity index is 1080. The third kappa shape index (κ3) is 3.97. The average Bonchev–Trinajstić information content (AvgIpc) is 3.02. The molecule has 1 aromatic heterocycles. The van der Waals surface area contributed by atoms with Crippen LogP contribution >= 0.6 is 38.9 Å². The number of hydrogen-bond acceptors (Lipinski definition) is 2. The van der Waals surface area contributed by atoms with Crippen molar-refractivity contribution in [2.24, 2.45) is 4.74 Å². The van der Waals surface area contributed by atoms with Gasteiger partial charge in [-0.3, -0.25) is 4.74 Å². The molecule has 0 saturated carbocycles. The lowest BCUT2D eigenvalue weighted by atomic mass is 10.1. The lowest BCUT2D eigenvalue weighted by Crippen LogP contribution is -2.31. The van der Waals surface area contributed by atoms with Crippen LogP contribution in [0.15, 0.2) is 66.6 Å². The molecule has 0 bridgehead atoms. The molecular weight excluding hydrogens is 497 g/mol. The summed E-state index contributed by atoms with van der Waals surface area (Å²) >= 11 is 7.40. The van der Waals surface area contributed by atoms with Crippen LogP contribution in [-0.2, 0) is 0 Å². The normalized spacial score (nSPS) is 14.0. The van der Waals surface area contributed by atoms with Crippen molar-refractivity contribution in [3.8, 4) is 0 Å². The van der Waals surface area contributed by atoms with E-state index in [9.17, 15) is 0 Å². The van der Waals surface area contributed by atoms with E-state index in [4.69, 9.17) is 9.16 Å². The average molecular weight is 523 g/mol. The van der Waals surface area contributed by atoms with E-state index in [1.165, 1.54) is 16.4 Å². The molecule has 0 aliphatic rings. The summed E-state index contributed by atoms with van der Waals surface area (Å²) in [5.74, 6) is 0.909. The van der Waals surface area contributed by atoms with Crippen LogP contribution in [-0.4, -0.2) is 5.16 Å². The molecule has 0 amide bonds. The van der Waals surface area contributed by atoms with Crippen molar-refractivity contribution >= 4 is 55.4 Å². The summed E-state index contributed by atoms with van der Waals surface area (Å²) in [6, 6.07) is 17.0. The maximum atomic E-state index is 6.26. The Morgan fingerprint density at radius 3 is 2.11 bits per heavy atom. The molecule has 0 aliphatic carbocycles. The molecule has 0 radical (unpaired) electrons. The Balaban J connectivity index is 2.47. The fourth-order valence-electron chi connectivity index (χ4n) is 3.36. The first-order valence-corrected chi connectivity index (χ1v) is 12.6. The van der Waals surface area contributed by atoms with Crippen molar-refractivity contribution in [3.63, 3.8) is 0 Å². The number of benzene rings is 2. The minimum atomic E-state index is -2.29. The van der Waals surface area contributed by atoms with Crippen molar-refractivity contribution in [3.05, 3.63) is 74.4 Å². The number of nitrogens with zero attached hydrogens (tertiary/aromatic N) is 1. The van der Waals surface area contributed by atoms with Gasteiger partial charge in [0.2, 0.25) is 0 Å². The molecule has 0 saturated heterocycles. The van der Waals surface area contributed by atoms with Crippen molar-refractivity contribution < 1.29 is 4.42 Å². The first kappa shape index (κ1) is 21.6. The molecule has 28 heavy (non-hydrogen) atoms. The molecule has 148 valence electrons. The number of rotatable bonds is 3. The first-order valence-electron chi connectivity index (χ1n) is 9.27. The molecule has 5 heteroatoms. The van der Waals surface area contributed by atoms with E-state index in [0.29, 0.717) is 0 Å². The van der Waals surface area contributed by atoms with E-state index in [1.807, 2.05) is 13.0 Å². The molecule has 0 spiro atoms. The van der Waals surface area contributed by atoms with Gasteiger partial charge in [0, 0.05) is 19.4 Å². The fourth-order valence-corrected chi connectivity index (χ4v) is 9.01. The van der Waals surface area contributed by atoms with Crippen LogP contribution in [0.2, 0.25) is 0 Å². The second-order valence-corrected chi connectivity index (χ2v) is 13.7. The highest BCUT2D eigenvalue weighted by Crippen LogP contribution is 2.61. The largest absolute Gasteiger partial charge is 0.460 e. The Kier molecular flexibility index (Phi) is 6.15. The molecule has 3 aromatic rings. The van der Waals surface area contributed by atoms with Gasteiger partial charge in [0.15, 0.2) is 0 Å². The van der Waals surface area contributed by atoms with Crippen molar-refractivity contribution in [1.82, 2.24) is 0 Å². The minimum absolute atomic E-state index is 0.133. The lowest BCUT2D eigenvalue weighted by molar-refractivity contribution is 0.563. The van der Waals surface area contributed by atoms with Crippen molar-refractivity contribution in [1.29, 1.82) is 0 Å². The standard InChI is InChI=1S/C23H26Br2NOP/c1-15-7-10-19(13-16(15)2)26-28(23(4,5)6,22-12-8-17(3)27-22)21-11-9-18(24)14-20(21)25/h7-14H,1-6H3. The second kappa shape index (κ2) is 7.97. The maximum absolute atomic E-state index is 6.26. The summed E-state index contributed by atoms with van der Waals surface area (Å²) in [6.07, 6.45) is 0. The van der Waals surface area contributed by atoms with Gasteiger partial charge in [-0.2, -0.15) is 0 Å². The van der Waals surface area contributed by atoms with Crippen molar-refractivity contribution in [2.45, 2.75) is 46.7 Å². The highest BCUT2D eigenvalue weighted by Gasteiger charge is 2.41. The van der Waals surface area contributed by atoms with Gasteiger partial charge in [-0.15, -0.1) is 0 Å². The molecule has 3 rings (SSSR count). The predicted molar refractivity (Wildman–Crippen MR) is 129 cm³/mol. The van der Waals surface area contributed by atoms with E-state index < -0.39 is 7.05 Å². The van der Waals surface area contributed by atoms with Gasteiger partial charge < -0.3 is 4.42 Å². The summed E-state index contributed by atoms with van der Waals surface area (Å²) in [5, 5.41) is 1.06. The van der Waals surface area contributed by atoms with Crippen LogP contribution < -0.4 is 10.8 Å². The number of aryl methyl sites for hydroxylation is 3. The van der Waals surface area contributed by atoms with Gasteiger partial charge in [0.25, 0.3) is 0 Å². The predicted octanol–water partition coefficient (Wildman–Crippen LogP) is 8.01. The molecule has 1 heterocycles. The molecule has 1 unspecified atom stereocenters. The van der Waals surface area contributed by atoms with Crippen LogP contribution in [0.5, 0.6) is 0 Å². The van der Waals surface area contributed by atoms with Crippen LogP contribution in [0.25, 0.3) is 0 Å². The molecule has 0 N–H and O–H groups in total. The molecule has 0 fully saturated rings. The molecule has 0 aliphatic heterocycles. The Labute approximate surface area is 185 Å². The monoisotopic (exact) mass is 521 g/mol. The zero-order valence-corrected chi connectivity index (χ0v) is 21.2. The highest BCUT2D eigenvalue weighted by molar-refractivity contribution is 9.11. The van der Waals surface area contributed by atoms with Crippen LogP contribution in [0.1, 0.15) is 37.7 Å². The van der Waals surface area contributed by atoms with Gasteiger partial charge in [-0.25, -0.2) is 0 Å². The van der Waals surface area contributed by atoms with Gasteiger partial charge in [-0.1, -0.05) is 64.8 Å². The Hall–Kier alpha value is -1.09. The first-order chi connectivity index (χ1) is 13.0. The van der Waals surface area contributed by atoms with E-state index >= 15 is 0 Å². The molecule has 2 aromatic carbocycles. The summed E-state index contributed by atoms with van der Waals surface area (Å²) in [4.78, 5) is 0. The van der Waals surface area contributed by atoms with E-state index in [0.717, 1.165) is 25.9 Å². The van der Waals surface area contributed by atoms with E-state index in [2.05, 4.69) is 109 Å². The molecule has 2 nitrogen and oxygen atoms in total.